The maximum absolute atomic E-state index is 9.02. The number of carbonyl (C=O) groups excluding carboxylic acids is 1. The lowest BCUT2D eigenvalue weighted by Crippen LogP contribution is -1.89. The van der Waals surface area contributed by atoms with Gasteiger partial charge in [0.15, 0.2) is 0 Å². The third kappa shape index (κ3) is 3.92. The number of rotatable bonds is 2. The standard InChI is InChI=1S/C8H9ClO2.CH2O/c9-7-5-6(3-4-10)1-2-8(7)11;1-2/h1-2,5,10-11H,3-4H2;1H2. The molecule has 0 aromatic heterocycles. The summed E-state index contributed by atoms with van der Waals surface area (Å²) in [6, 6.07) is 4.90. The van der Waals surface area contributed by atoms with Crippen LogP contribution in [0.5, 0.6) is 5.75 Å². The molecule has 1 rings (SSSR count). The van der Waals surface area contributed by atoms with Crippen LogP contribution in [0.25, 0.3) is 0 Å². The Morgan fingerprint density at radius 3 is 2.46 bits per heavy atom. The monoisotopic (exact) mass is 202 g/mol. The fraction of sp³-hybridized carbons (Fsp3) is 0.222. The molecule has 0 aliphatic rings. The molecule has 1 aromatic rings. The van der Waals surface area contributed by atoms with Crippen LogP contribution in [0.2, 0.25) is 5.02 Å². The Balaban J connectivity index is 0.000000671. The first-order chi connectivity index (χ1) is 6.24. The molecule has 0 saturated carbocycles. The minimum absolute atomic E-state index is 0.0772. The molecule has 0 bridgehead atoms. The molecule has 3 nitrogen and oxygen atoms in total. The van der Waals surface area contributed by atoms with E-state index in [0.29, 0.717) is 11.4 Å². The van der Waals surface area contributed by atoms with Crippen LogP contribution in [0, 0.1) is 0 Å². The van der Waals surface area contributed by atoms with Gasteiger partial charge in [0.25, 0.3) is 0 Å². The number of hydrogen-bond donors (Lipinski definition) is 2. The smallest absolute Gasteiger partial charge is 0.134 e. The molecule has 2 N–H and O–H groups in total. The van der Waals surface area contributed by atoms with E-state index in [1.807, 2.05) is 6.79 Å². The highest BCUT2D eigenvalue weighted by atomic mass is 35.5. The van der Waals surface area contributed by atoms with Crippen molar-refractivity contribution in [3.63, 3.8) is 0 Å². The van der Waals surface area contributed by atoms with Gasteiger partial charge >= 0.3 is 0 Å². The summed E-state index contributed by atoms with van der Waals surface area (Å²) in [7, 11) is 0. The summed E-state index contributed by atoms with van der Waals surface area (Å²) in [6.07, 6.45) is 0.569. The van der Waals surface area contributed by atoms with E-state index in [9.17, 15) is 0 Å². The van der Waals surface area contributed by atoms with Crippen LogP contribution in [-0.4, -0.2) is 23.6 Å². The molecular weight excluding hydrogens is 192 g/mol. The average Bonchev–Trinajstić information content (AvgIpc) is 2.15. The number of aliphatic hydroxyl groups excluding tert-OH is 1. The van der Waals surface area contributed by atoms with E-state index >= 15 is 0 Å². The van der Waals surface area contributed by atoms with E-state index in [-0.39, 0.29) is 12.4 Å². The third-order valence-corrected chi connectivity index (χ3v) is 1.72. The zero-order valence-electron chi connectivity index (χ0n) is 7.03. The van der Waals surface area contributed by atoms with Crippen molar-refractivity contribution in [2.75, 3.05) is 6.61 Å². The molecular formula is C9H11ClO3. The molecule has 0 fully saturated rings. The zero-order chi connectivity index (χ0) is 10.3. The molecule has 0 spiro atoms. The number of aliphatic hydroxyl groups is 1. The second kappa shape index (κ2) is 6.46. The number of phenolic OH excluding ortho intramolecular Hbond substituents is 1. The second-order valence-electron chi connectivity index (χ2n) is 2.26. The number of hydrogen-bond acceptors (Lipinski definition) is 3. The Morgan fingerprint density at radius 2 is 2.00 bits per heavy atom. The quantitative estimate of drug-likeness (QED) is 0.762. The van der Waals surface area contributed by atoms with Crippen LogP contribution in [0.4, 0.5) is 0 Å². The lowest BCUT2D eigenvalue weighted by atomic mass is 10.1. The first-order valence-electron chi connectivity index (χ1n) is 3.61. The maximum atomic E-state index is 9.02. The third-order valence-electron chi connectivity index (χ3n) is 1.41. The van der Waals surface area contributed by atoms with Gasteiger partial charge in [0.2, 0.25) is 0 Å². The number of halogens is 1. The zero-order valence-corrected chi connectivity index (χ0v) is 7.79. The summed E-state index contributed by atoms with van der Waals surface area (Å²) >= 11 is 5.62. The number of benzene rings is 1. The van der Waals surface area contributed by atoms with Gasteiger partial charge in [-0.3, -0.25) is 0 Å². The average molecular weight is 203 g/mol. The van der Waals surface area contributed by atoms with Crippen molar-refractivity contribution in [2.45, 2.75) is 6.42 Å². The van der Waals surface area contributed by atoms with Crippen LogP contribution in [-0.2, 0) is 11.2 Å². The molecule has 0 atom stereocenters. The van der Waals surface area contributed by atoms with Gasteiger partial charge in [-0.15, -0.1) is 0 Å². The van der Waals surface area contributed by atoms with E-state index in [0.717, 1.165) is 5.56 Å². The lowest BCUT2D eigenvalue weighted by molar-refractivity contribution is -0.0979. The fourth-order valence-corrected chi connectivity index (χ4v) is 1.04. The van der Waals surface area contributed by atoms with Gasteiger partial charge in [-0.05, 0) is 24.1 Å². The molecule has 4 heteroatoms. The summed E-state index contributed by atoms with van der Waals surface area (Å²) in [6.45, 7) is 2.10. The topological polar surface area (TPSA) is 57.5 Å². The summed E-state index contributed by atoms with van der Waals surface area (Å²) in [5, 5.41) is 17.9. The SMILES string of the molecule is C=O.OCCc1ccc(O)c(Cl)c1. The molecule has 0 saturated heterocycles. The van der Waals surface area contributed by atoms with Crippen molar-refractivity contribution in [1.29, 1.82) is 0 Å². The summed E-state index contributed by atoms with van der Waals surface area (Å²) in [5.74, 6) is 0.0772. The van der Waals surface area contributed by atoms with Gasteiger partial charge in [0.1, 0.15) is 12.5 Å². The van der Waals surface area contributed by atoms with Crippen LogP contribution < -0.4 is 0 Å². The summed E-state index contributed by atoms with van der Waals surface area (Å²) < 4.78 is 0. The molecule has 13 heavy (non-hydrogen) atoms. The minimum Gasteiger partial charge on any atom is -0.506 e. The van der Waals surface area contributed by atoms with Crippen molar-refractivity contribution in [1.82, 2.24) is 0 Å². The molecule has 0 aliphatic heterocycles. The predicted octanol–water partition coefficient (Wildman–Crippen LogP) is 1.40. The Bertz CT molecular complexity index is 263. The van der Waals surface area contributed by atoms with Crippen LogP contribution in [0.3, 0.4) is 0 Å². The second-order valence-corrected chi connectivity index (χ2v) is 2.67. The van der Waals surface area contributed by atoms with Gasteiger partial charge in [0, 0.05) is 6.61 Å². The number of carbonyl (C=O) groups is 1. The molecule has 0 aliphatic carbocycles. The molecule has 0 amide bonds. The lowest BCUT2D eigenvalue weighted by Gasteiger charge is -1.99. The van der Waals surface area contributed by atoms with Crippen LogP contribution >= 0.6 is 11.6 Å². The van der Waals surface area contributed by atoms with E-state index in [2.05, 4.69) is 0 Å². The summed E-state index contributed by atoms with van der Waals surface area (Å²) in [4.78, 5) is 8.00. The van der Waals surface area contributed by atoms with Gasteiger partial charge in [-0.2, -0.15) is 0 Å². The Labute approximate surface area is 81.6 Å². The van der Waals surface area contributed by atoms with Crippen LogP contribution in [0.15, 0.2) is 18.2 Å². The van der Waals surface area contributed by atoms with E-state index < -0.39 is 0 Å². The van der Waals surface area contributed by atoms with Gasteiger partial charge < -0.3 is 15.0 Å². The molecule has 0 unspecified atom stereocenters. The molecule has 0 heterocycles. The maximum Gasteiger partial charge on any atom is 0.134 e. The Hall–Kier alpha value is -1.06. The van der Waals surface area contributed by atoms with Gasteiger partial charge in [-0.1, -0.05) is 17.7 Å². The highest BCUT2D eigenvalue weighted by Crippen LogP contribution is 2.23. The fourth-order valence-electron chi connectivity index (χ4n) is 0.835. The van der Waals surface area contributed by atoms with Crippen molar-refractivity contribution in [3.05, 3.63) is 28.8 Å². The van der Waals surface area contributed by atoms with Crippen molar-refractivity contribution in [3.8, 4) is 5.75 Å². The van der Waals surface area contributed by atoms with E-state index in [1.165, 1.54) is 6.07 Å². The van der Waals surface area contributed by atoms with Crippen LogP contribution in [0.1, 0.15) is 5.56 Å². The van der Waals surface area contributed by atoms with Gasteiger partial charge in [-0.25, -0.2) is 0 Å². The number of phenols is 1. The molecule has 1 aromatic carbocycles. The van der Waals surface area contributed by atoms with E-state index in [1.54, 1.807) is 12.1 Å². The predicted molar refractivity (Wildman–Crippen MR) is 51.0 cm³/mol. The Morgan fingerprint density at radius 1 is 1.38 bits per heavy atom. The van der Waals surface area contributed by atoms with E-state index in [4.69, 9.17) is 26.6 Å². The number of aromatic hydroxyl groups is 1. The normalized spacial score (nSPS) is 8.77. The first kappa shape index (κ1) is 11.9. The summed E-state index contributed by atoms with van der Waals surface area (Å²) in [5.41, 5.74) is 0.926. The largest absolute Gasteiger partial charge is 0.506 e. The minimum atomic E-state index is 0.0772. The molecule has 0 radical (unpaired) electrons. The Kier molecular flexibility index (Phi) is 5.93. The van der Waals surface area contributed by atoms with Crippen molar-refractivity contribution < 1.29 is 15.0 Å². The highest BCUT2D eigenvalue weighted by Gasteiger charge is 1.98. The van der Waals surface area contributed by atoms with Crippen molar-refractivity contribution >= 4 is 18.4 Å². The molecule has 72 valence electrons. The highest BCUT2D eigenvalue weighted by molar-refractivity contribution is 6.32. The van der Waals surface area contributed by atoms with Gasteiger partial charge in [0.05, 0.1) is 5.02 Å². The first-order valence-corrected chi connectivity index (χ1v) is 3.99. The van der Waals surface area contributed by atoms with Crippen molar-refractivity contribution in [2.24, 2.45) is 0 Å².